The Morgan fingerprint density at radius 2 is 1.83 bits per heavy atom. The van der Waals surface area contributed by atoms with Gasteiger partial charge in [-0.25, -0.2) is 10.2 Å². The van der Waals surface area contributed by atoms with Gasteiger partial charge in [-0.2, -0.15) is 10.1 Å². The number of fused-ring (bicyclic) bond motifs is 1. The van der Waals surface area contributed by atoms with Gasteiger partial charge in [-0.15, -0.1) is 0 Å². The number of hydrogen-bond donors (Lipinski definition) is 1. The number of rotatable bonds is 3. The lowest BCUT2D eigenvalue weighted by molar-refractivity contribution is 0.705. The molecule has 0 aliphatic heterocycles. The van der Waals surface area contributed by atoms with Crippen molar-refractivity contribution in [1.82, 2.24) is 23.7 Å². The smallest absolute Gasteiger partial charge is 0.306 e. The Labute approximate surface area is 136 Å². The van der Waals surface area contributed by atoms with E-state index in [1.165, 1.54) is 11.6 Å². The first-order valence-corrected chi connectivity index (χ1v) is 7.25. The van der Waals surface area contributed by atoms with E-state index in [-0.39, 0.29) is 0 Å². The second-order valence-electron chi connectivity index (χ2n) is 5.45. The van der Waals surface area contributed by atoms with Crippen LogP contribution in [0.5, 0.6) is 0 Å². The number of nitrogens with one attached hydrogen (secondary N) is 1. The molecule has 9 nitrogen and oxygen atoms in total. The first-order chi connectivity index (χ1) is 11.4. The van der Waals surface area contributed by atoms with Gasteiger partial charge in [0.15, 0.2) is 11.2 Å². The normalized spacial score (nSPS) is 11.5. The third-order valence-electron chi connectivity index (χ3n) is 3.75. The summed E-state index contributed by atoms with van der Waals surface area (Å²) in [5.41, 5.74) is 4.17. The first-order valence-electron chi connectivity index (χ1n) is 7.25. The molecule has 0 atom stereocenters. The van der Waals surface area contributed by atoms with Crippen LogP contribution in [0.25, 0.3) is 11.2 Å². The molecule has 0 saturated heterocycles. The van der Waals surface area contributed by atoms with Crippen molar-refractivity contribution < 1.29 is 0 Å². The third-order valence-corrected chi connectivity index (χ3v) is 3.75. The van der Waals surface area contributed by atoms with E-state index in [1.807, 2.05) is 25.1 Å². The highest BCUT2D eigenvalue weighted by molar-refractivity contribution is 5.78. The van der Waals surface area contributed by atoms with E-state index in [1.54, 1.807) is 24.9 Å². The standard InChI is InChI=1S/C15H17N7O2/c1-9-6-5-7-10(17-9)8-16-19-14-18-12-11(20(14)2)13(23)22(4)15(24)21(12)3/h5-8H,1-4H3,(H,18,19). The van der Waals surface area contributed by atoms with Gasteiger partial charge in [0, 0.05) is 26.8 Å². The number of aryl methyl sites for hydroxylation is 3. The average Bonchev–Trinajstić information content (AvgIpc) is 2.88. The second kappa shape index (κ2) is 5.76. The maximum atomic E-state index is 12.3. The molecule has 3 aromatic rings. The molecule has 0 fully saturated rings. The molecule has 24 heavy (non-hydrogen) atoms. The molecule has 0 aliphatic carbocycles. The van der Waals surface area contributed by atoms with Crippen LogP contribution in [0.2, 0.25) is 0 Å². The van der Waals surface area contributed by atoms with E-state index < -0.39 is 11.2 Å². The predicted octanol–water partition coefficient (Wildman–Crippen LogP) is 0.120. The molecule has 124 valence electrons. The molecule has 3 aromatic heterocycles. The number of anilines is 1. The summed E-state index contributed by atoms with van der Waals surface area (Å²) in [6, 6.07) is 5.61. The molecule has 0 spiro atoms. The molecule has 9 heteroatoms. The first kappa shape index (κ1) is 15.7. The number of nitrogens with zero attached hydrogens (tertiary/aromatic N) is 6. The largest absolute Gasteiger partial charge is 0.332 e. The summed E-state index contributed by atoms with van der Waals surface area (Å²) in [6.07, 6.45) is 1.56. The van der Waals surface area contributed by atoms with Crippen LogP contribution < -0.4 is 16.7 Å². The minimum atomic E-state index is -0.426. The highest BCUT2D eigenvalue weighted by atomic mass is 16.2. The van der Waals surface area contributed by atoms with E-state index in [9.17, 15) is 9.59 Å². The Morgan fingerprint density at radius 3 is 2.54 bits per heavy atom. The van der Waals surface area contributed by atoms with Crippen molar-refractivity contribution in [1.29, 1.82) is 0 Å². The van der Waals surface area contributed by atoms with Crippen molar-refractivity contribution in [3.63, 3.8) is 0 Å². The lowest BCUT2D eigenvalue weighted by atomic mass is 10.3. The summed E-state index contributed by atoms with van der Waals surface area (Å²) in [5.74, 6) is 0.354. The van der Waals surface area contributed by atoms with Crippen molar-refractivity contribution in [2.45, 2.75) is 6.92 Å². The van der Waals surface area contributed by atoms with Crippen molar-refractivity contribution in [3.05, 3.63) is 50.4 Å². The molecule has 0 radical (unpaired) electrons. The summed E-state index contributed by atoms with van der Waals surface area (Å²) in [5, 5.41) is 4.10. The number of hydrogen-bond acceptors (Lipinski definition) is 6. The van der Waals surface area contributed by atoms with Crippen molar-refractivity contribution in [2.75, 3.05) is 5.43 Å². The summed E-state index contributed by atoms with van der Waals surface area (Å²) >= 11 is 0. The Bertz CT molecular complexity index is 1070. The Balaban J connectivity index is 2.01. The maximum absolute atomic E-state index is 12.3. The molecule has 0 amide bonds. The van der Waals surface area contributed by atoms with Gasteiger partial charge in [0.05, 0.1) is 11.9 Å². The molecule has 0 bridgehead atoms. The Hall–Kier alpha value is -3.23. The van der Waals surface area contributed by atoms with Crippen LogP contribution in [0, 0.1) is 6.92 Å². The number of aromatic nitrogens is 5. The molecule has 3 heterocycles. The minimum absolute atomic E-state index is 0.303. The van der Waals surface area contributed by atoms with Crippen LogP contribution in [0.3, 0.4) is 0 Å². The SMILES string of the molecule is Cc1cccc(C=NNc2nc3c(c(=O)n(C)c(=O)n3C)n2C)n1. The van der Waals surface area contributed by atoms with E-state index in [0.717, 1.165) is 10.3 Å². The zero-order chi connectivity index (χ0) is 17.4. The van der Waals surface area contributed by atoms with E-state index >= 15 is 0 Å². The summed E-state index contributed by atoms with van der Waals surface area (Å²) in [7, 11) is 4.69. The fourth-order valence-corrected chi connectivity index (χ4v) is 2.41. The van der Waals surface area contributed by atoms with Crippen LogP contribution in [-0.2, 0) is 21.1 Å². The van der Waals surface area contributed by atoms with Crippen LogP contribution in [0.15, 0.2) is 32.9 Å². The highest BCUT2D eigenvalue weighted by Crippen LogP contribution is 2.12. The quantitative estimate of drug-likeness (QED) is 0.544. The van der Waals surface area contributed by atoms with Gasteiger partial charge in [-0.1, -0.05) is 6.07 Å². The lowest BCUT2D eigenvalue weighted by Gasteiger charge is -2.03. The van der Waals surface area contributed by atoms with E-state index in [2.05, 4.69) is 20.5 Å². The zero-order valence-corrected chi connectivity index (χ0v) is 13.8. The maximum Gasteiger partial charge on any atom is 0.332 e. The van der Waals surface area contributed by atoms with Crippen LogP contribution in [0.4, 0.5) is 5.95 Å². The van der Waals surface area contributed by atoms with Gasteiger partial charge in [0.2, 0.25) is 5.95 Å². The summed E-state index contributed by atoms with van der Waals surface area (Å²) in [4.78, 5) is 32.9. The second-order valence-corrected chi connectivity index (χ2v) is 5.45. The van der Waals surface area contributed by atoms with Gasteiger partial charge in [0.25, 0.3) is 5.56 Å². The van der Waals surface area contributed by atoms with Crippen molar-refractivity contribution >= 4 is 23.3 Å². The number of imidazole rings is 1. The van der Waals surface area contributed by atoms with Crippen LogP contribution >= 0.6 is 0 Å². The molecule has 0 unspecified atom stereocenters. The molecular formula is C15H17N7O2. The molecule has 0 aromatic carbocycles. The summed E-state index contributed by atoms with van der Waals surface area (Å²) < 4.78 is 3.94. The molecule has 1 N–H and O–H groups in total. The van der Waals surface area contributed by atoms with Gasteiger partial charge in [-0.3, -0.25) is 18.9 Å². The molecular weight excluding hydrogens is 310 g/mol. The minimum Gasteiger partial charge on any atom is -0.306 e. The fourth-order valence-electron chi connectivity index (χ4n) is 2.41. The Morgan fingerprint density at radius 1 is 1.08 bits per heavy atom. The third kappa shape index (κ3) is 2.49. The van der Waals surface area contributed by atoms with Crippen LogP contribution in [-0.4, -0.2) is 29.9 Å². The van der Waals surface area contributed by atoms with Gasteiger partial charge in [0.1, 0.15) is 0 Å². The highest BCUT2D eigenvalue weighted by Gasteiger charge is 2.16. The van der Waals surface area contributed by atoms with E-state index in [4.69, 9.17) is 0 Å². The van der Waals surface area contributed by atoms with Gasteiger partial charge >= 0.3 is 5.69 Å². The average molecular weight is 327 g/mol. The summed E-state index contributed by atoms with van der Waals surface area (Å²) in [6.45, 7) is 1.90. The lowest BCUT2D eigenvalue weighted by Crippen LogP contribution is -2.37. The number of pyridine rings is 1. The number of hydrazone groups is 1. The fraction of sp³-hybridized carbons (Fsp3) is 0.267. The molecule has 0 saturated carbocycles. The van der Waals surface area contributed by atoms with Crippen LogP contribution in [0.1, 0.15) is 11.4 Å². The Kier molecular flexibility index (Phi) is 3.76. The molecule has 3 rings (SSSR count). The van der Waals surface area contributed by atoms with Gasteiger partial charge < -0.3 is 4.57 Å². The van der Waals surface area contributed by atoms with Crippen molar-refractivity contribution in [2.24, 2.45) is 26.2 Å². The van der Waals surface area contributed by atoms with Crippen molar-refractivity contribution in [3.8, 4) is 0 Å². The van der Waals surface area contributed by atoms with E-state index in [0.29, 0.717) is 22.8 Å². The molecule has 0 aliphatic rings. The van der Waals surface area contributed by atoms with Gasteiger partial charge in [-0.05, 0) is 19.1 Å². The predicted molar refractivity (Wildman–Crippen MR) is 91.4 cm³/mol. The topological polar surface area (TPSA) is 99.1 Å². The monoisotopic (exact) mass is 327 g/mol. The zero-order valence-electron chi connectivity index (χ0n) is 13.8.